The molecule has 1 heterocycles. The predicted octanol–water partition coefficient (Wildman–Crippen LogP) is 3.56. The highest BCUT2D eigenvalue weighted by atomic mass is 127. The van der Waals surface area contributed by atoms with Crippen LogP contribution in [0.5, 0.6) is 0 Å². The van der Waals surface area contributed by atoms with Crippen molar-refractivity contribution in [3.05, 3.63) is 15.6 Å². The molecule has 3 N–H and O–H groups in total. The third-order valence-electron chi connectivity index (χ3n) is 4.95. The van der Waals surface area contributed by atoms with Crippen molar-refractivity contribution in [2.24, 2.45) is 10.9 Å². The van der Waals surface area contributed by atoms with E-state index >= 15 is 0 Å². The summed E-state index contributed by atoms with van der Waals surface area (Å²) in [7, 11) is 0. The number of guanidine groups is 1. The number of aromatic nitrogens is 1. The van der Waals surface area contributed by atoms with Gasteiger partial charge in [0.05, 0.1) is 10.7 Å². The topological polar surface area (TPSA) is 78.4 Å². The van der Waals surface area contributed by atoms with Gasteiger partial charge in [0.15, 0.2) is 5.96 Å². The first-order valence-corrected chi connectivity index (χ1v) is 11.1. The predicted molar refractivity (Wildman–Crippen MR) is 129 cm³/mol. The maximum absolute atomic E-state index is 12.0. The number of carbonyl (C=O) groups excluding carboxylic acids is 1. The van der Waals surface area contributed by atoms with E-state index in [9.17, 15) is 4.79 Å². The highest BCUT2D eigenvalue weighted by Gasteiger charge is 2.16. The quantitative estimate of drug-likeness (QED) is 0.201. The van der Waals surface area contributed by atoms with Crippen LogP contribution in [0, 0.1) is 19.8 Å². The number of hydrogen-bond donors (Lipinski definition) is 3. The Labute approximate surface area is 190 Å². The van der Waals surface area contributed by atoms with Crippen LogP contribution in [0.15, 0.2) is 4.99 Å². The number of amides is 1. The van der Waals surface area contributed by atoms with Crippen molar-refractivity contribution < 1.29 is 4.79 Å². The van der Waals surface area contributed by atoms with Crippen LogP contribution in [-0.4, -0.2) is 43.0 Å². The molecule has 2 rings (SSSR count). The molecule has 0 saturated heterocycles. The van der Waals surface area contributed by atoms with Gasteiger partial charge in [-0.1, -0.05) is 19.3 Å². The van der Waals surface area contributed by atoms with Crippen molar-refractivity contribution >= 4 is 47.2 Å². The summed E-state index contributed by atoms with van der Waals surface area (Å²) in [6.45, 7) is 9.03. The summed E-state index contributed by atoms with van der Waals surface area (Å²) in [4.78, 5) is 22.5. The summed E-state index contributed by atoms with van der Waals surface area (Å²) in [6.07, 6.45) is 7.84. The maximum Gasteiger partial charge on any atom is 0.220 e. The first kappa shape index (κ1) is 25.1. The molecule has 0 atom stereocenters. The van der Waals surface area contributed by atoms with Crippen molar-refractivity contribution in [1.29, 1.82) is 0 Å². The van der Waals surface area contributed by atoms with Crippen LogP contribution >= 0.6 is 35.3 Å². The summed E-state index contributed by atoms with van der Waals surface area (Å²) in [5.74, 6) is 1.56. The van der Waals surface area contributed by atoms with E-state index in [0.29, 0.717) is 32.0 Å². The van der Waals surface area contributed by atoms with Gasteiger partial charge in [-0.25, -0.2) is 4.98 Å². The number of nitrogens with zero attached hydrogens (tertiary/aromatic N) is 2. The standard InChI is InChI=1S/C20H35N5OS.HI/c1-4-21-20(23-11-10-19-25-15(2)16(3)27-19)24-13-12-22-18(26)14-17-8-6-5-7-9-17;/h17H,4-14H2,1-3H3,(H,22,26)(H2,21,23,24);1H. The van der Waals surface area contributed by atoms with Gasteiger partial charge in [0.2, 0.25) is 5.91 Å². The van der Waals surface area contributed by atoms with E-state index in [1.54, 1.807) is 11.3 Å². The normalized spacial score (nSPS) is 15.0. The number of thiazole rings is 1. The van der Waals surface area contributed by atoms with E-state index in [1.165, 1.54) is 37.0 Å². The number of hydrogen-bond acceptors (Lipinski definition) is 4. The minimum atomic E-state index is 0. The SMILES string of the molecule is CCNC(=NCCc1nc(C)c(C)s1)NCCNC(=O)CC1CCCCC1.I. The van der Waals surface area contributed by atoms with Gasteiger partial charge in [-0.3, -0.25) is 9.79 Å². The Morgan fingerprint density at radius 2 is 1.86 bits per heavy atom. The molecule has 6 nitrogen and oxygen atoms in total. The Morgan fingerprint density at radius 3 is 2.50 bits per heavy atom. The van der Waals surface area contributed by atoms with Gasteiger partial charge in [-0.2, -0.15) is 0 Å². The first-order valence-electron chi connectivity index (χ1n) is 10.3. The van der Waals surface area contributed by atoms with E-state index < -0.39 is 0 Å². The minimum absolute atomic E-state index is 0. The van der Waals surface area contributed by atoms with Crippen molar-refractivity contribution in [1.82, 2.24) is 20.9 Å². The Kier molecular flexibility index (Phi) is 12.7. The summed E-state index contributed by atoms with van der Waals surface area (Å²) in [5.41, 5.74) is 1.12. The average Bonchev–Trinajstić information content (AvgIpc) is 2.97. The van der Waals surface area contributed by atoms with Crippen LogP contribution in [0.2, 0.25) is 0 Å². The largest absolute Gasteiger partial charge is 0.357 e. The number of rotatable bonds is 9. The van der Waals surface area contributed by atoms with Gasteiger partial charge in [-0.15, -0.1) is 35.3 Å². The maximum atomic E-state index is 12.0. The van der Waals surface area contributed by atoms with Crippen LogP contribution in [-0.2, 0) is 11.2 Å². The smallest absolute Gasteiger partial charge is 0.220 e. The summed E-state index contributed by atoms with van der Waals surface area (Å²) in [5, 5.41) is 10.7. The van der Waals surface area contributed by atoms with E-state index in [1.807, 2.05) is 6.92 Å². The molecule has 1 aromatic rings. The number of aryl methyl sites for hydroxylation is 2. The molecule has 1 aliphatic rings. The molecule has 1 saturated carbocycles. The molecule has 0 aromatic carbocycles. The van der Waals surface area contributed by atoms with Crippen molar-refractivity contribution in [2.45, 2.75) is 65.7 Å². The van der Waals surface area contributed by atoms with E-state index in [2.05, 4.69) is 39.8 Å². The zero-order valence-corrected chi connectivity index (χ0v) is 20.6. The molecule has 0 aliphatic heterocycles. The van der Waals surface area contributed by atoms with Crippen molar-refractivity contribution in [3.63, 3.8) is 0 Å². The van der Waals surface area contributed by atoms with E-state index in [-0.39, 0.29) is 29.9 Å². The lowest BCUT2D eigenvalue weighted by Crippen LogP contribution is -2.41. The lowest BCUT2D eigenvalue weighted by atomic mass is 9.87. The lowest BCUT2D eigenvalue weighted by molar-refractivity contribution is -0.122. The fourth-order valence-electron chi connectivity index (χ4n) is 3.36. The number of aliphatic imine (C=N–C) groups is 1. The molecule has 160 valence electrons. The summed E-state index contributed by atoms with van der Waals surface area (Å²) < 4.78 is 0. The summed E-state index contributed by atoms with van der Waals surface area (Å²) >= 11 is 1.75. The fraction of sp³-hybridized carbons (Fsp3) is 0.750. The molecule has 1 amide bonds. The van der Waals surface area contributed by atoms with Gasteiger partial charge in [0.1, 0.15) is 0 Å². The molecule has 28 heavy (non-hydrogen) atoms. The van der Waals surface area contributed by atoms with Crippen LogP contribution in [0.25, 0.3) is 0 Å². The highest BCUT2D eigenvalue weighted by molar-refractivity contribution is 14.0. The monoisotopic (exact) mass is 521 g/mol. The molecule has 8 heteroatoms. The fourth-order valence-corrected chi connectivity index (χ4v) is 4.28. The third kappa shape index (κ3) is 9.54. The lowest BCUT2D eigenvalue weighted by Gasteiger charge is -2.20. The van der Waals surface area contributed by atoms with Crippen LogP contribution < -0.4 is 16.0 Å². The Hall–Kier alpha value is -0.900. The van der Waals surface area contributed by atoms with Crippen molar-refractivity contribution in [3.8, 4) is 0 Å². The third-order valence-corrected chi connectivity index (χ3v) is 6.08. The second-order valence-electron chi connectivity index (χ2n) is 7.24. The molecule has 0 bridgehead atoms. The van der Waals surface area contributed by atoms with Gasteiger partial charge in [0.25, 0.3) is 0 Å². The van der Waals surface area contributed by atoms with Gasteiger partial charge >= 0.3 is 0 Å². The average molecular weight is 522 g/mol. The van der Waals surface area contributed by atoms with E-state index in [4.69, 9.17) is 0 Å². The Balaban J connectivity index is 0.00000392. The van der Waals surface area contributed by atoms with Gasteiger partial charge in [-0.05, 0) is 39.5 Å². The van der Waals surface area contributed by atoms with Crippen molar-refractivity contribution in [2.75, 3.05) is 26.2 Å². The number of carbonyl (C=O) groups is 1. The molecule has 0 radical (unpaired) electrons. The summed E-state index contributed by atoms with van der Waals surface area (Å²) in [6, 6.07) is 0. The molecular weight excluding hydrogens is 485 g/mol. The number of halogens is 1. The molecular formula is C20H36IN5OS. The van der Waals surface area contributed by atoms with Crippen LogP contribution in [0.1, 0.15) is 61.0 Å². The van der Waals surface area contributed by atoms with Crippen LogP contribution in [0.3, 0.4) is 0 Å². The second kappa shape index (κ2) is 14.1. The molecule has 1 aliphatic carbocycles. The molecule has 1 aromatic heterocycles. The first-order chi connectivity index (χ1) is 13.1. The van der Waals surface area contributed by atoms with Gasteiger partial charge < -0.3 is 16.0 Å². The Morgan fingerprint density at radius 1 is 1.14 bits per heavy atom. The zero-order chi connectivity index (χ0) is 19.5. The molecule has 0 spiro atoms. The van der Waals surface area contributed by atoms with E-state index in [0.717, 1.165) is 29.6 Å². The minimum Gasteiger partial charge on any atom is -0.357 e. The molecule has 0 unspecified atom stereocenters. The highest BCUT2D eigenvalue weighted by Crippen LogP contribution is 2.25. The second-order valence-corrected chi connectivity index (χ2v) is 8.53. The number of nitrogens with one attached hydrogen (secondary N) is 3. The van der Waals surface area contributed by atoms with Crippen LogP contribution in [0.4, 0.5) is 0 Å². The Bertz CT molecular complexity index is 594. The zero-order valence-electron chi connectivity index (χ0n) is 17.5. The molecule has 1 fully saturated rings. The van der Waals surface area contributed by atoms with Gasteiger partial charge in [0, 0.05) is 43.9 Å².